The molecule has 6 nitrogen and oxygen atoms in total. The molecular weight excluding hydrogens is 302 g/mol. The summed E-state index contributed by atoms with van der Waals surface area (Å²) >= 11 is 1.55. The zero-order valence-corrected chi connectivity index (χ0v) is 12.9. The zero-order valence-electron chi connectivity index (χ0n) is 12.1. The lowest BCUT2D eigenvalue weighted by atomic mass is 10.1. The third kappa shape index (κ3) is 4.56. The maximum Gasteiger partial charge on any atom is 0.319 e. The van der Waals surface area contributed by atoms with Crippen LogP contribution in [0.25, 0.3) is 11.3 Å². The van der Waals surface area contributed by atoms with E-state index in [4.69, 9.17) is 5.11 Å². The number of anilines is 1. The molecule has 0 unspecified atom stereocenters. The first-order valence-corrected chi connectivity index (χ1v) is 7.72. The molecule has 0 aliphatic rings. The van der Waals surface area contributed by atoms with Gasteiger partial charge in [0.1, 0.15) is 0 Å². The first-order valence-electron chi connectivity index (χ1n) is 6.84. The molecule has 0 spiro atoms. The molecule has 0 saturated heterocycles. The van der Waals surface area contributed by atoms with Crippen molar-refractivity contribution in [2.24, 2.45) is 0 Å². The minimum atomic E-state index is -0.869. The molecule has 2 amide bonds. The number of carboxylic acid groups (broad SMARTS) is 1. The van der Waals surface area contributed by atoms with Crippen LogP contribution in [-0.4, -0.2) is 28.6 Å². The standard InChI is InChI=1S/C15H17N3O3S/c1-10-17-13(9-22-10)11-5-2-3-6-12(11)18-15(21)16-8-4-7-14(19)20/h2-3,5-6,9H,4,7-8H2,1H3,(H,19,20)(H2,16,18,21). The molecule has 0 aliphatic heterocycles. The van der Waals surface area contributed by atoms with Gasteiger partial charge >= 0.3 is 12.0 Å². The highest BCUT2D eigenvalue weighted by Gasteiger charge is 2.10. The molecule has 1 aromatic carbocycles. The first-order chi connectivity index (χ1) is 10.6. The quantitative estimate of drug-likeness (QED) is 0.713. The van der Waals surface area contributed by atoms with E-state index in [0.717, 1.165) is 16.3 Å². The van der Waals surface area contributed by atoms with E-state index in [9.17, 15) is 9.59 Å². The van der Waals surface area contributed by atoms with E-state index in [1.165, 1.54) is 0 Å². The molecular formula is C15H17N3O3S. The Morgan fingerprint density at radius 1 is 1.32 bits per heavy atom. The summed E-state index contributed by atoms with van der Waals surface area (Å²) in [4.78, 5) is 26.7. The first kappa shape index (κ1) is 16.0. The Labute approximate surface area is 132 Å². The van der Waals surface area contributed by atoms with Crippen LogP contribution in [-0.2, 0) is 4.79 Å². The van der Waals surface area contributed by atoms with Crippen LogP contribution >= 0.6 is 11.3 Å². The Morgan fingerprint density at radius 2 is 2.09 bits per heavy atom. The van der Waals surface area contributed by atoms with Crippen molar-refractivity contribution >= 4 is 29.0 Å². The number of carboxylic acids is 1. The number of nitrogens with zero attached hydrogens (tertiary/aromatic N) is 1. The molecule has 3 N–H and O–H groups in total. The molecule has 1 heterocycles. The van der Waals surface area contributed by atoms with E-state index in [0.29, 0.717) is 18.7 Å². The highest BCUT2D eigenvalue weighted by Crippen LogP contribution is 2.28. The van der Waals surface area contributed by atoms with Crippen molar-refractivity contribution < 1.29 is 14.7 Å². The van der Waals surface area contributed by atoms with Crippen LogP contribution in [0.1, 0.15) is 17.8 Å². The monoisotopic (exact) mass is 319 g/mol. The molecule has 1 aromatic heterocycles. The van der Waals surface area contributed by atoms with Crippen LogP contribution in [0.4, 0.5) is 10.5 Å². The van der Waals surface area contributed by atoms with Gasteiger partial charge < -0.3 is 15.7 Å². The maximum atomic E-state index is 11.9. The molecule has 0 atom stereocenters. The largest absolute Gasteiger partial charge is 0.481 e. The number of carbonyl (C=O) groups excluding carboxylic acids is 1. The Hall–Kier alpha value is -2.41. The summed E-state index contributed by atoms with van der Waals surface area (Å²) in [5, 5.41) is 16.9. The van der Waals surface area contributed by atoms with Crippen molar-refractivity contribution in [2.45, 2.75) is 19.8 Å². The van der Waals surface area contributed by atoms with E-state index in [1.54, 1.807) is 17.4 Å². The number of hydrogen-bond donors (Lipinski definition) is 3. The van der Waals surface area contributed by atoms with E-state index in [2.05, 4.69) is 15.6 Å². The molecule has 0 radical (unpaired) electrons. The summed E-state index contributed by atoms with van der Waals surface area (Å²) in [6.45, 7) is 2.25. The van der Waals surface area contributed by atoms with Crippen LogP contribution in [0.15, 0.2) is 29.6 Å². The van der Waals surface area contributed by atoms with Crippen molar-refractivity contribution in [2.75, 3.05) is 11.9 Å². The summed E-state index contributed by atoms with van der Waals surface area (Å²) in [5.41, 5.74) is 2.35. The average Bonchev–Trinajstić information content (AvgIpc) is 2.90. The van der Waals surface area contributed by atoms with Crippen LogP contribution in [0.2, 0.25) is 0 Å². The number of urea groups is 1. The van der Waals surface area contributed by atoms with Gasteiger partial charge in [0.05, 0.1) is 16.4 Å². The second kappa shape index (κ2) is 7.56. The van der Waals surface area contributed by atoms with Gasteiger partial charge in [0.25, 0.3) is 0 Å². The van der Waals surface area contributed by atoms with E-state index in [-0.39, 0.29) is 12.5 Å². The molecule has 0 bridgehead atoms. The molecule has 7 heteroatoms. The lowest BCUT2D eigenvalue weighted by Gasteiger charge is -2.10. The summed E-state index contributed by atoms with van der Waals surface area (Å²) in [7, 11) is 0. The number of aliphatic carboxylic acids is 1. The molecule has 2 aromatic rings. The second-order valence-electron chi connectivity index (χ2n) is 4.68. The minimum Gasteiger partial charge on any atom is -0.481 e. The summed E-state index contributed by atoms with van der Waals surface area (Å²) in [5.74, 6) is -0.869. The molecule has 116 valence electrons. The Balaban J connectivity index is 1.98. The highest BCUT2D eigenvalue weighted by atomic mass is 32.1. The van der Waals surface area contributed by atoms with E-state index in [1.807, 2.05) is 30.5 Å². The van der Waals surface area contributed by atoms with Gasteiger partial charge in [0, 0.05) is 23.9 Å². The summed E-state index contributed by atoms with van der Waals surface area (Å²) in [6.07, 6.45) is 0.435. The predicted molar refractivity (Wildman–Crippen MR) is 86.2 cm³/mol. The van der Waals surface area contributed by atoms with Gasteiger partial charge in [-0.25, -0.2) is 9.78 Å². The van der Waals surface area contributed by atoms with E-state index < -0.39 is 5.97 Å². The molecule has 0 aliphatic carbocycles. The van der Waals surface area contributed by atoms with Gasteiger partial charge in [0.2, 0.25) is 0 Å². The zero-order chi connectivity index (χ0) is 15.9. The van der Waals surface area contributed by atoms with Gasteiger partial charge in [-0.3, -0.25) is 4.79 Å². The van der Waals surface area contributed by atoms with Crippen molar-refractivity contribution in [3.05, 3.63) is 34.7 Å². The number of aromatic nitrogens is 1. The third-order valence-corrected chi connectivity index (χ3v) is 3.70. The number of benzene rings is 1. The van der Waals surface area contributed by atoms with E-state index >= 15 is 0 Å². The number of carbonyl (C=O) groups is 2. The maximum absolute atomic E-state index is 11.9. The van der Waals surface area contributed by atoms with Crippen LogP contribution in [0.3, 0.4) is 0 Å². The van der Waals surface area contributed by atoms with Crippen molar-refractivity contribution in [3.8, 4) is 11.3 Å². The second-order valence-corrected chi connectivity index (χ2v) is 5.74. The van der Waals surface area contributed by atoms with Crippen molar-refractivity contribution in [1.29, 1.82) is 0 Å². The van der Waals surface area contributed by atoms with Gasteiger partial charge in [-0.2, -0.15) is 0 Å². The third-order valence-electron chi connectivity index (χ3n) is 2.92. The number of para-hydroxylation sites is 1. The van der Waals surface area contributed by atoms with Crippen molar-refractivity contribution in [1.82, 2.24) is 10.3 Å². The number of aryl methyl sites for hydroxylation is 1. The number of thiazole rings is 1. The minimum absolute atomic E-state index is 0.0367. The lowest BCUT2D eigenvalue weighted by molar-refractivity contribution is -0.137. The number of rotatable bonds is 6. The smallest absolute Gasteiger partial charge is 0.319 e. The SMILES string of the molecule is Cc1nc(-c2ccccc2NC(=O)NCCCC(=O)O)cs1. The van der Waals surface area contributed by atoms with Gasteiger partial charge in [-0.1, -0.05) is 18.2 Å². The fourth-order valence-electron chi connectivity index (χ4n) is 1.91. The van der Waals surface area contributed by atoms with Gasteiger partial charge in [-0.05, 0) is 19.4 Å². The number of nitrogens with one attached hydrogen (secondary N) is 2. The van der Waals surface area contributed by atoms with Crippen LogP contribution in [0, 0.1) is 6.92 Å². The highest BCUT2D eigenvalue weighted by molar-refractivity contribution is 7.09. The topological polar surface area (TPSA) is 91.3 Å². The summed E-state index contributed by atoms with van der Waals surface area (Å²) < 4.78 is 0. The fraction of sp³-hybridized carbons (Fsp3) is 0.267. The Morgan fingerprint density at radius 3 is 2.77 bits per heavy atom. The number of amides is 2. The molecule has 22 heavy (non-hydrogen) atoms. The molecule has 0 saturated carbocycles. The fourth-order valence-corrected chi connectivity index (χ4v) is 2.52. The Bertz CT molecular complexity index is 670. The average molecular weight is 319 g/mol. The lowest BCUT2D eigenvalue weighted by Crippen LogP contribution is -2.30. The molecule has 0 fully saturated rings. The van der Waals surface area contributed by atoms with Gasteiger partial charge in [-0.15, -0.1) is 11.3 Å². The molecule has 2 rings (SSSR count). The van der Waals surface area contributed by atoms with Gasteiger partial charge in [0.15, 0.2) is 0 Å². The predicted octanol–water partition coefficient (Wildman–Crippen LogP) is 3.10. The van der Waals surface area contributed by atoms with Crippen molar-refractivity contribution in [3.63, 3.8) is 0 Å². The van der Waals surface area contributed by atoms with Crippen LogP contribution < -0.4 is 10.6 Å². The summed E-state index contributed by atoms with van der Waals surface area (Å²) in [6, 6.07) is 7.07. The normalized spacial score (nSPS) is 10.2. The Kier molecular flexibility index (Phi) is 5.48. The van der Waals surface area contributed by atoms with Crippen LogP contribution in [0.5, 0.6) is 0 Å². The number of hydrogen-bond acceptors (Lipinski definition) is 4.